The molecule has 0 radical (unpaired) electrons. The van der Waals surface area contributed by atoms with Gasteiger partial charge in [0.2, 0.25) is 0 Å². The molecule has 5 heteroatoms. The molecule has 1 aromatic heterocycles. The van der Waals surface area contributed by atoms with Crippen LogP contribution in [0.1, 0.15) is 57.8 Å². The summed E-state index contributed by atoms with van der Waals surface area (Å²) in [5.41, 5.74) is 0.971. The van der Waals surface area contributed by atoms with Crippen LogP contribution in [-0.2, 0) is 0 Å². The monoisotopic (exact) mass is 399 g/mol. The number of hydrogen-bond donors (Lipinski definition) is 2. The zero-order chi connectivity index (χ0) is 19.7. The van der Waals surface area contributed by atoms with Crippen LogP contribution in [0.4, 0.5) is 5.69 Å². The standard InChI is InChI=1S/C23H33N3OS/c28-23(26-21-15-18-24-19-16-21)25-17-11-6-4-2-1-3-5-7-12-20-27-22-13-9-8-10-14-22/h8-10,13-16,18-19H,1-7,11-12,17,20H2,(H2,24,25,26,28). The maximum atomic E-state index is 5.72. The van der Waals surface area contributed by atoms with Crippen LogP contribution in [0.15, 0.2) is 54.9 Å². The zero-order valence-corrected chi connectivity index (χ0v) is 17.6. The number of anilines is 1. The van der Waals surface area contributed by atoms with Crippen molar-refractivity contribution in [2.45, 2.75) is 57.8 Å². The summed E-state index contributed by atoms with van der Waals surface area (Å²) >= 11 is 5.29. The van der Waals surface area contributed by atoms with Crippen molar-refractivity contribution in [2.75, 3.05) is 18.5 Å². The lowest BCUT2D eigenvalue weighted by Crippen LogP contribution is -2.29. The molecule has 0 aliphatic heterocycles. The molecule has 2 N–H and O–H groups in total. The molecule has 0 aliphatic rings. The third-order valence-corrected chi connectivity index (χ3v) is 4.80. The van der Waals surface area contributed by atoms with E-state index in [4.69, 9.17) is 17.0 Å². The van der Waals surface area contributed by atoms with Crippen molar-refractivity contribution >= 4 is 23.0 Å². The van der Waals surface area contributed by atoms with Crippen LogP contribution < -0.4 is 15.4 Å². The lowest BCUT2D eigenvalue weighted by molar-refractivity contribution is 0.304. The molecule has 1 aromatic carbocycles. The Morgan fingerprint density at radius 2 is 1.39 bits per heavy atom. The number of nitrogens with zero attached hydrogens (tertiary/aromatic N) is 1. The van der Waals surface area contributed by atoms with Crippen LogP contribution in [0.25, 0.3) is 0 Å². The Bertz CT molecular complexity index is 637. The lowest BCUT2D eigenvalue weighted by atomic mass is 10.1. The minimum atomic E-state index is 0.683. The molecule has 0 atom stereocenters. The van der Waals surface area contributed by atoms with Crippen LogP contribution >= 0.6 is 12.2 Å². The highest BCUT2D eigenvalue weighted by atomic mass is 32.1. The van der Waals surface area contributed by atoms with Gasteiger partial charge in [0.25, 0.3) is 0 Å². The Morgan fingerprint density at radius 3 is 2.07 bits per heavy atom. The number of thiocarbonyl (C=S) groups is 1. The largest absolute Gasteiger partial charge is 0.494 e. The van der Waals surface area contributed by atoms with E-state index in [1.165, 1.54) is 44.9 Å². The van der Waals surface area contributed by atoms with E-state index < -0.39 is 0 Å². The van der Waals surface area contributed by atoms with E-state index in [1.807, 2.05) is 42.5 Å². The van der Waals surface area contributed by atoms with Gasteiger partial charge in [-0.15, -0.1) is 0 Å². The Kier molecular flexibility index (Phi) is 11.8. The molecular weight excluding hydrogens is 366 g/mol. The lowest BCUT2D eigenvalue weighted by Gasteiger charge is -2.10. The van der Waals surface area contributed by atoms with E-state index in [2.05, 4.69) is 15.6 Å². The number of nitrogens with one attached hydrogen (secondary N) is 2. The average Bonchev–Trinajstić information content (AvgIpc) is 2.73. The van der Waals surface area contributed by atoms with Crippen molar-refractivity contribution in [3.63, 3.8) is 0 Å². The number of benzene rings is 1. The summed E-state index contributed by atoms with van der Waals surface area (Å²) in [5, 5.41) is 7.11. The van der Waals surface area contributed by atoms with Crippen LogP contribution in [0.5, 0.6) is 5.75 Å². The average molecular weight is 400 g/mol. The number of rotatable bonds is 14. The Labute approximate surface area is 175 Å². The van der Waals surface area contributed by atoms with Crippen molar-refractivity contribution < 1.29 is 4.74 Å². The van der Waals surface area contributed by atoms with Gasteiger partial charge in [-0.1, -0.05) is 63.1 Å². The van der Waals surface area contributed by atoms with Crippen molar-refractivity contribution in [3.8, 4) is 5.75 Å². The predicted octanol–water partition coefficient (Wildman–Crippen LogP) is 5.96. The van der Waals surface area contributed by atoms with Crippen LogP contribution in [0, 0.1) is 0 Å². The first kappa shape index (κ1) is 22.2. The van der Waals surface area contributed by atoms with E-state index >= 15 is 0 Å². The van der Waals surface area contributed by atoms with Crippen LogP contribution in [0.2, 0.25) is 0 Å². The summed E-state index contributed by atoms with van der Waals surface area (Å²) in [6.45, 7) is 1.76. The second-order valence-corrected chi connectivity index (χ2v) is 7.37. The number of ether oxygens (including phenoxy) is 1. The predicted molar refractivity (Wildman–Crippen MR) is 122 cm³/mol. The third-order valence-electron chi connectivity index (χ3n) is 4.56. The molecule has 152 valence electrons. The summed E-state index contributed by atoms with van der Waals surface area (Å²) in [6.07, 6.45) is 15.0. The quantitative estimate of drug-likeness (QED) is 0.303. The van der Waals surface area contributed by atoms with Gasteiger partial charge in [0.15, 0.2) is 5.11 Å². The minimum absolute atomic E-state index is 0.683. The van der Waals surface area contributed by atoms with E-state index in [0.29, 0.717) is 5.11 Å². The smallest absolute Gasteiger partial charge is 0.170 e. The normalized spacial score (nSPS) is 10.4. The van der Waals surface area contributed by atoms with Gasteiger partial charge in [0.1, 0.15) is 5.75 Å². The highest BCUT2D eigenvalue weighted by Gasteiger charge is 1.97. The fraction of sp³-hybridized carbons (Fsp3) is 0.478. The Morgan fingerprint density at radius 1 is 0.786 bits per heavy atom. The van der Waals surface area contributed by atoms with Gasteiger partial charge in [-0.05, 0) is 49.3 Å². The SMILES string of the molecule is S=C(NCCCCCCCCCCCOc1ccccc1)Nc1ccncc1. The maximum absolute atomic E-state index is 5.72. The number of unbranched alkanes of at least 4 members (excludes halogenated alkanes) is 8. The summed E-state index contributed by atoms with van der Waals surface area (Å²) in [7, 11) is 0. The van der Waals surface area contributed by atoms with Gasteiger partial charge in [0, 0.05) is 24.6 Å². The fourth-order valence-electron chi connectivity index (χ4n) is 2.98. The second-order valence-electron chi connectivity index (χ2n) is 6.96. The van der Waals surface area contributed by atoms with E-state index in [9.17, 15) is 0 Å². The maximum Gasteiger partial charge on any atom is 0.170 e. The molecule has 0 saturated carbocycles. The highest BCUT2D eigenvalue weighted by molar-refractivity contribution is 7.80. The minimum Gasteiger partial charge on any atom is -0.494 e. The van der Waals surface area contributed by atoms with Gasteiger partial charge < -0.3 is 15.4 Å². The molecule has 2 aromatic rings. The molecule has 0 saturated heterocycles. The highest BCUT2D eigenvalue weighted by Crippen LogP contribution is 2.12. The molecule has 2 rings (SSSR count). The van der Waals surface area contributed by atoms with Crippen molar-refractivity contribution in [2.24, 2.45) is 0 Å². The van der Waals surface area contributed by atoms with Gasteiger partial charge >= 0.3 is 0 Å². The molecule has 0 amide bonds. The zero-order valence-electron chi connectivity index (χ0n) is 16.7. The number of para-hydroxylation sites is 1. The van der Waals surface area contributed by atoms with Crippen LogP contribution in [0.3, 0.4) is 0 Å². The van der Waals surface area contributed by atoms with Gasteiger partial charge in [0.05, 0.1) is 6.61 Å². The molecule has 0 spiro atoms. The second kappa shape index (κ2) is 14.9. The van der Waals surface area contributed by atoms with Crippen molar-refractivity contribution in [3.05, 3.63) is 54.9 Å². The van der Waals surface area contributed by atoms with Crippen LogP contribution in [-0.4, -0.2) is 23.2 Å². The number of hydrogen-bond acceptors (Lipinski definition) is 3. The van der Waals surface area contributed by atoms with Gasteiger partial charge in [-0.3, -0.25) is 4.98 Å². The molecule has 1 heterocycles. The fourth-order valence-corrected chi connectivity index (χ4v) is 3.20. The third kappa shape index (κ3) is 10.9. The molecule has 28 heavy (non-hydrogen) atoms. The van der Waals surface area contributed by atoms with Gasteiger partial charge in [-0.25, -0.2) is 0 Å². The van der Waals surface area contributed by atoms with Gasteiger partial charge in [-0.2, -0.15) is 0 Å². The topological polar surface area (TPSA) is 46.2 Å². The van der Waals surface area contributed by atoms with Crippen molar-refractivity contribution in [1.29, 1.82) is 0 Å². The summed E-state index contributed by atoms with van der Waals surface area (Å²) in [4.78, 5) is 3.99. The van der Waals surface area contributed by atoms with E-state index in [0.717, 1.165) is 37.4 Å². The van der Waals surface area contributed by atoms with E-state index in [-0.39, 0.29) is 0 Å². The van der Waals surface area contributed by atoms with Crippen molar-refractivity contribution in [1.82, 2.24) is 10.3 Å². The first-order chi connectivity index (χ1) is 13.8. The molecule has 4 nitrogen and oxygen atoms in total. The molecule has 0 fully saturated rings. The number of pyridine rings is 1. The molecule has 0 aliphatic carbocycles. The first-order valence-corrected chi connectivity index (χ1v) is 10.9. The molecule has 0 unspecified atom stereocenters. The molecular formula is C23H33N3OS. The summed E-state index contributed by atoms with van der Waals surface area (Å²) in [5.74, 6) is 0.978. The summed E-state index contributed by atoms with van der Waals surface area (Å²) < 4.78 is 5.72. The first-order valence-electron chi connectivity index (χ1n) is 10.5. The van der Waals surface area contributed by atoms with E-state index in [1.54, 1.807) is 12.4 Å². The summed E-state index contributed by atoms with van der Waals surface area (Å²) in [6, 6.07) is 13.9. The molecule has 0 bridgehead atoms. The Hall–Kier alpha value is -2.14. The Balaban J connectivity index is 1.31. The number of aromatic nitrogens is 1.